The van der Waals surface area contributed by atoms with Crippen LogP contribution in [0, 0.1) is 13.8 Å². The zero-order valence-corrected chi connectivity index (χ0v) is 12.6. The molecule has 5 nitrogen and oxygen atoms in total. The van der Waals surface area contributed by atoms with Gasteiger partial charge >= 0.3 is 0 Å². The Hall–Kier alpha value is -0.210. The van der Waals surface area contributed by atoms with E-state index in [1.54, 1.807) is 13.8 Å². The van der Waals surface area contributed by atoms with Crippen molar-refractivity contribution in [2.45, 2.75) is 24.5 Å². The van der Waals surface area contributed by atoms with Gasteiger partial charge in [-0.25, -0.2) is 18.1 Å². The topological polar surface area (TPSA) is 71.1 Å². The Balaban J connectivity index is 0.00000256. The second-order valence-electron chi connectivity index (χ2n) is 3.46. The summed E-state index contributed by atoms with van der Waals surface area (Å²) in [6.45, 7) is 4.76. The normalized spacial score (nSPS) is 11.2. The number of aryl methyl sites for hydroxylation is 2. The highest BCUT2D eigenvalue weighted by Crippen LogP contribution is 2.22. The molecule has 100 valence electrons. The molecule has 0 aromatic carbocycles. The SMILES string of the molecule is CNCCCNS(=O)(=O)c1sc(C)nc1C.Cl. The van der Waals surface area contributed by atoms with E-state index in [0.717, 1.165) is 18.0 Å². The Morgan fingerprint density at radius 2 is 1.94 bits per heavy atom. The molecule has 0 saturated carbocycles. The first-order valence-electron chi connectivity index (χ1n) is 5.05. The molecule has 2 N–H and O–H groups in total. The van der Waals surface area contributed by atoms with Crippen LogP contribution in [0.1, 0.15) is 17.1 Å². The molecule has 8 heteroatoms. The van der Waals surface area contributed by atoms with Crippen molar-refractivity contribution in [2.24, 2.45) is 0 Å². The fourth-order valence-electron chi connectivity index (χ4n) is 1.30. The van der Waals surface area contributed by atoms with Gasteiger partial charge in [-0.15, -0.1) is 23.7 Å². The molecule has 0 aliphatic carbocycles. The maximum absolute atomic E-state index is 11.9. The number of nitrogens with zero attached hydrogens (tertiary/aromatic N) is 1. The first-order valence-corrected chi connectivity index (χ1v) is 7.35. The van der Waals surface area contributed by atoms with Gasteiger partial charge in [-0.1, -0.05) is 0 Å². The number of hydrogen-bond acceptors (Lipinski definition) is 5. The van der Waals surface area contributed by atoms with Crippen molar-refractivity contribution in [3.63, 3.8) is 0 Å². The summed E-state index contributed by atoms with van der Waals surface area (Å²) in [6.07, 6.45) is 0.770. The summed E-state index contributed by atoms with van der Waals surface area (Å²) in [4.78, 5) is 4.11. The number of rotatable bonds is 6. The summed E-state index contributed by atoms with van der Waals surface area (Å²) in [6, 6.07) is 0. The molecule has 0 saturated heterocycles. The second kappa shape index (κ2) is 7.27. The molecule has 0 aliphatic heterocycles. The summed E-state index contributed by atoms with van der Waals surface area (Å²) < 4.78 is 26.6. The molecule has 0 atom stereocenters. The lowest BCUT2D eigenvalue weighted by Gasteiger charge is -2.04. The smallest absolute Gasteiger partial charge is 0.251 e. The number of nitrogens with one attached hydrogen (secondary N) is 2. The third-order valence-electron chi connectivity index (χ3n) is 2.00. The van der Waals surface area contributed by atoms with Crippen LogP contribution in [0.25, 0.3) is 0 Å². The minimum absolute atomic E-state index is 0. The summed E-state index contributed by atoms with van der Waals surface area (Å²) in [5.41, 5.74) is 0.573. The quantitative estimate of drug-likeness (QED) is 0.771. The molecular weight excluding hydrogens is 282 g/mol. The average Bonchev–Trinajstić information content (AvgIpc) is 2.53. The number of aromatic nitrogens is 1. The van der Waals surface area contributed by atoms with E-state index >= 15 is 0 Å². The third-order valence-corrected chi connectivity index (χ3v) is 5.14. The lowest BCUT2D eigenvalue weighted by atomic mass is 10.4. The lowest BCUT2D eigenvalue weighted by Crippen LogP contribution is -2.26. The van der Waals surface area contributed by atoms with Crippen molar-refractivity contribution in [1.29, 1.82) is 0 Å². The molecule has 0 fully saturated rings. The van der Waals surface area contributed by atoms with Crippen molar-refractivity contribution >= 4 is 33.8 Å². The molecule has 17 heavy (non-hydrogen) atoms. The molecule has 0 unspecified atom stereocenters. The minimum Gasteiger partial charge on any atom is -0.320 e. The van der Waals surface area contributed by atoms with Gasteiger partial charge in [-0.3, -0.25) is 0 Å². The van der Waals surface area contributed by atoms with Gasteiger partial charge in [0, 0.05) is 6.54 Å². The Bertz CT molecular complexity index is 445. The fraction of sp³-hybridized carbons (Fsp3) is 0.667. The Kier molecular flexibility index (Phi) is 7.18. The predicted molar refractivity (Wildman–Crippen MR) is 72.6 cm³/mol. The highest BCUT2D eigenvalue weighted by Gasteiger charge is 2.19. The predicted octanol–water partition coefficient (Wildman–Crippen LogP) is 1.07. The van der Waals surface area contributed by atoms with Gasteiger partial charge in [0.05, 0.1) is 10.7 Å². The molecule has 0 spiro atoms. The van der Waals surface area contributed by atoms with Gasteiger partial charge in [0.1, 0.15) is 0 Å². The van der Waals surface area contributed by atoms with E-state index in [9.17, 15) is 8.42 Å². The minimum atomic E-state index is -3.37. The summed E-state index contributed by atoms with van der Waals surface area (Å²) in [5, 5.41) is 3.74. The molecule has 0 aliphatic rings. The van der Waals surface area contributed by atoms with Crippen molar-refractivity contribution in [3.05, 3.63) is 10.7 Å². The van der Waals surface area contributed by atoms with Crippen LogP contribution in [0.5, 0.6) is 0 Å². The molecule has 1 heterocycles. The van der Waals surface area contributed by atoms with Gasteiger partial charge in [0.15, 0.2) is 4.21 Å². The fourth-order valence-corrected chi connectivity index (χ4v) is 3.90. The highest BCUT2D eigenvalue weighted by molar-refractivity contribution is 7.91. The van der Waals surface area contributed by atoms with Crippen LogP contribution in [0.15, 0.2) is 4.21 Å². The van der Waals surface area contributed by atoms with E-state index in [4.69, 9.17) is 0 Å². The maximum atomic E-state index is 11.9. The van der Waals surface area contributed by atoms with Crippen LogP contribution < -0.4 is 10.0 Å². The van der Waals surface area contributed by atoms with Crippen molar-refractivity contribution in [2.75, 3.05) is 20.1 Å². The Labute approximate surface area is 112 Å². The number of halogens is 1. The van der Waals surface area contributed by atoms with Crippen LogP contribution in [0.2, 0.25) is 0 Å². The zero-order chi connectivity index (χ0) is 12.2. The number of hydrogen-bond donors (Lipinski definition) is 2. The van der Waals surface area contributed by atoms with Crippen LogP contribution in [0.4, 0.5) is 0 Å². The first kappa shape index (κ1) is 16.8. The molecule has 1 aromatic heterocycles. The summed E-state index contributed by atoms with van der Waals surface area (Å²) in [5.74, 6) is 0. The van der Waals surface area contributed by atoms with Gasteiger partial charge in [-0.2, -0.15) is 0 Å². The molecule has 1 rings (SSSR count). The monoisotopic (exact) mass is 299 g/mol. The van der Waals surface area contributed by atoms with Gasteiger partial charge in [0.2, 0.25) is 0 Å². The number of thiazole rings is 1. The molecule has 0 bridgehead atoms. The van der Waals surface area contributed by atoms with Crippen molar-refractivity contribution in [1.82, 2.24) is 15.0 Å². The van der Waals surface area contributed by atoms with E-state index in [1.165, 1.54) is 11.3 Å². The van der Waals surface area contributed by atoms with Gasteiger partial charge in [0.25, 0.3) is 10.0 Å². The molecule has 0 radical (unpaired) electrons. The third kappa shape index (κ3) is 4.89. The Morgan fingerprint density at radius 3 is 2.41 bits per heavy atom. The van der Waals surface area contributed by atoms with E-state index in [-0.39, 0.29) is 12.4 Å². The lowest BCUT2D eigenvalue weighted by molar-refractivity contribution is 0.578. The second-order valence-corrected chi connectivity index (χ2v) is 6.63. The summed E-state index contributed by atoms with van der Waals surface area (Å²) >= 11 is 1.21. The van der Waals surface area contributed by atoms with Gasteiger partial charge in [-0.05, 0) is 33.9 Å². The molecule has 0 amide bonds. The number of sulfonamides is 1. The van der Waals surface area contributed by atoms with E-state index in [2.05, 4.69) is 15.0 Å². The Morgan fingerprint density at radius 1 is 1.29 bits per heavy atom. The summed E-state index contributed by atoms with van der Waals surface area (Å²) in [7, 11) is -1.53. The van der Waals surface area contributed by atoms with Crippen molar-refractivity contribution in [3.8, 4) is 0 Å². The van der Waals surface area contributed by atoms with Gasteiger partial charge < -0.3 is 5.32 Å². The highest BCUT2D eigenvalue weighted by atomic mass is 35.5. The first-order chi connectivity index (χ1) is 7.47. The largest absolute Gasteiger partial charge is 0.320 e. The van der Waals surface area contributed by atoms with Crippen molar-refractivity contribution < 1.29 is 8.42 Å². The zero-order valence-electron chi connectivity index (χ0n) is 10.1. The van der Waals surface area contributed by atoms with Crippen LogP contribution in [-0.4, -0.2) is 33.5 Å². The van der Waals surface area contributed by atoms with E-state index < -0.39 is 10.0 Å². The van der Waals surface area contributed by atoms with E-state index in [0.29, 0.717) is 16.4 Å². The van der Waals surface area contributed by atoms with Crippen LogP contribution in [-0.2, 0) is 10.0 Å². The van der Waals surface area contributed by atoms with Crippen LogP contribution in [0.3, 0.4) is 0 Å². The van der Waals surface area contributed by atoms with Crippen LogP contribution >= 0.6 is 23.7 Å². The molecule has 1 aromatic rings. The average molecular weight is 300 g/mol. The van der Waals surface area contributed by atoms with E-state index in [1.807, 2.05) is 7.05 Å². The molecular formula is C9H18ClN3O2S2. The standard InChI is InChI=1S/C9H17N3O2S2.ClH/c1-7-9(15-8(2)12-7)16(13,14)11-6-4-5-10-3;/h10-11H,4-6H2,1-3H3;1H. The maximum Gasteiger partial charge on any atom is 0.251 e.